The zero-order chi connectivity index (χ0) is 9.26. The van der Waals surface area contributed by atoms with Crippen molar-refractivity contribution >= 4 is 0 Å². The summed E-state index contributed by atoms with van der Waals surface area (Å²) in [6, 6.07) is 0. The Morgan fingerprint density at radius 1 is 1.23 bits per heavy atom. The summed E-state index contributed by atoms with van der Waals surface area (Å²) in [6.45, 7) is 6.32. The van der Waals surface area contributed by atoms with E-state index in [0.29, 0.717) is 24.0 Å². The minimum atomic E-state index is 0.473. The standard InChI is InChI=1S/C11H20O2/c1-8(2)10-7-12-6-5-11(10)13-9-3-4-9/h8-11H,3-7H2,1-2H3/t10-,11+/m1/s1. The Balaban J connectivity index is 1.87. The third-order valence-corrected chi connectivity index (χ3v) is 3.08. The smallest absolute Gasteiger partial charge is 0.0653 e. The van der Waals surface area contributed by atoms with Crippen LogP contribution in [0.3, 0.4) is 0 Å². The van der Waals surface area contributed by atoms with Crippen molar-refractivity contribution in [1.29, 1.82) is 0 Å². The van der Waals surface area contributed by atoms with Crippen molar-refractivity contribution < 1.29 is 9.47 Å². The Kier molecular flexibility index (Phi) is 2.89. The van der Waals surface area contributed by atoms with E-state index in [1.165, 1.54) is 12.8 Å². The van der Waals surface area contributed by atoms with E-state index in [9.17, 15) is 0 Å². The minimum absolute atomic E-state index is 0.473. The van der Waals surface area contributed by atoms with E-state index >= 15 is 0 Å². The van der Waals surface area contributed by atoms with Crippen LogP contribution in [-0.2, 0) is 9.47 Å². The van der Waals surface area contributed by atoms with Crippen LogP contribution < -0.4 is 0 Å². The molecule has 13 heavy (non-hydrogen) atoms. The van der Waals surface area contributed by atoms with E-state index in [0.717, 1.165) is 19.6 Å². The van der Waals surface area contributed by atoms with Gasteiger partial charge in [-0.1, -0.05) is 13.8 Å². The molecule has 0 aromatic heterocycles. The molecule has 1 heterocycles. The average molecular weight is 184 g/mol. The highest BCUT2D eigenvalue weighted by atomic mass is 16.5. The lowest BCUT2D eigenvalue weighted by Gasteiger charge is -2.34. The highest BCUT2D eigenvalue weighted by molar-refractivity contribution is 4.82. The van der Waals surface area contributed by atoms with Crippen molar-refractivity contribution in [3.63, 3.8) is 0 Å². The van der Waals surface area contributed by atoms with Gasteiger partial charge in [0.15, 0.2) is 0 Å². The summed E-state index contributed by atoms with van der Waals surface area (Å²) in [4.78, 5) is 0. The van der Waals surface area contributed by atoms with Gasteiger partial charge in [0.1, 0.15) is 0 Å². The number of ether oxygens (including phenoxy) is 2. The zero-order valence-electron chi connectivity index (χ0n) is 8.66. The van der Waals surface area contributed by atoms with E-state index in [1.54, 1.807) is 0 Å². The highest BCUT2D eigenvalue weighted by Gasteiger charge is 2.34. The SMILES string of the molecule is CC(C)[C@H]1COCC[C@@H]1OC1CC1. The van der Waals surface area contributed by atoms with E-state index in [-0.39, 0.29) is 0 Å². The van der Waals surface area contributed by atoms with Crippen molar-refractivity contribution in [2.24, 2.45) is 11.8 Å². The first-order valence-electron chi connectivity index (χ1n) is 5.50. The predicted octanol–water partition coefficient (Wildman–Crippen LogP) is 2.23. The molecule has 0 spiro atoms. The first-order valence-corrected chi connectivity index (χ1v) is 5.50. The van der Waals surface area contributed by atoms with Crippen LogP contribution in [0, 0.1) is 11.8 Å². The Morgan fingerprint density at radius 3 is 2.62 bits per heavy atom. The molecule has 0 N–H and O–H groups in total. The maximum absolute atomic E-state index is 6.00. The second kappa shape index (κ2) is 3.97. The molecule has 2 heteroatoms. The van der Waals surface area contributed by atoms with Gasteiger partial charge in [0.25, 0.3) is 0 Å². The Bertz CT molecular complexity index is 163. The van der Waals surface area contributed by atoms with Crippen LogP contribution in [0.2, 0.25) is 0 Å². The average Bonchev–Trinajstić information content (AvgIpc) is 2.89. The number of rotatable bonds is 3. The van der Waals surface area contributed by atoms with Crippen LogP contribution in [0.25, 0.3) is 0 Å². The normalized spacial score (nSPS) is 35.3. The van der Waals surface area contributed by atoms with Gasteiger partial charge < -0.3 is 9.47 Å². The molecule has 2 aliphatic rings. The first-order chi connectivity index (χ1) is 6.27. The summed E-state index contributed by atoms with van der Waals surface area (Å²) in [5.74, 6) is 1.30. The lowest BCUT2D eigenvalue weighted by atomic mass is 9.88. The molecular formula is C11H20O2. The molecule has 1 aliphatic carbocycles. The molecule has 0 amide bonds. The monoisotopic (exact) mass is 184 g/mol. The van der Waals surface area contributed by atoms with Gasteiger partial charge in [-0.25, -0.2) is 0 Å². The summed E-state index contributed by atoms with van der Waals surface area (Å²) in [5.41, 5.74) is 0. The minimum Gasteiger partial charge on any atom is -0.381 e. The fourth-order valence-electron chi connectivity index (χ4n) is 1.98. The fraction of sp³-hybridized carbons (Fsp3) is 1.00. The number of hydrogen-bond donors (Lipinski definition) is 0. The third kappa shape index (κ3) is 2.44. The Labute approximate surface area is 80.6 Å². The molecule has 2 fully saturated rings. The van der Waals surface area contributed by atoms with Crippen molar-refractivity contribution in [3.05, 3.63) is 0 Å². The molecule has 2 nitrogen and oxygen atoms in total. The molecule has 1 saturated heterocycles. The van der Waals surface area contributed by atoms with Gasteiger partial charge in [-0.15, -0.1) is 0 Å². The maximum Gasteiger partial charge on any atom is 0.0653 e. The van der Waals surface area contributed by atoms with Crippen LogP contribution in [0.1, 0.15) is 33.1 Å². The van der Waals surface area contributed by atoms with Crippen LogP contribution in [0.15, 0.2) is 0 Å². The Hall–Kier alpha value is -0.0800. The Morgan fingerprint density at radius 2 is 2.00 bits per heavy atom. The fourth-order valence-corrected chi connectivity index (χ4v) is 1.98. The molecular weight excluding hydrogens is 164 g/mol. The van der Waals surface area contributed by atoms with E-state index in [1.807, 2.05) is 0 Å². The third-order valence-electron chi connectivity index (χ3n) is 3.08. The quantitative estimate of drug-likeness (QED) is 0.669. The van der Waals surface area contributed by atoms with E-state index < -0.39 is 0 Å². The van der Waals surface area contributed by atoms with Crippen LogP contribution >= 0.6 is 0 Å². The number of hydrogen-bond acceptors (Lipinski definition) is 2. The summed E-state index contributed by atoms with van der Waals surface area (Å²) in [5, 5.41) is 0. The van der Waals surface area contributed by atoms with E-state index in [2.05, 4.69) is 13.8 Å². The first kappa shape index (κ1) is 9.47. The molecule has 1 aliphatic heterocycles. The van der Waals surface area contributed by atoms with Crippen molar-refractivity contribution in [2.75, 3.05) is 13.2 Å². The summed E-state index contributed by atoms with van der Waals surface area (Å²) in [7, 11) is 0. The summed E-state index contributed by atoms with van der Waals surface area (Å²) in [6.07, 6.45) is 4.72. The van der Waals surface area contributed by atoms with Crippen LogP contribution in [0.4, 0.5) is 0 Å². The second-order valence-electron chi connectivity index (χ2n) is 4.65. The topological polar surface area (TPSA) is 18.5 Å². The largest absolute Gasteiger partial charge is 0.381 e. The van der Waals surface area contributed by atoms with Gasteiger partial charge in [-0.05, 0) is 25.2 Å². The lowest BCUT2D eigenvalue weighted by Crippen LogP contribution is -2.37. The molecule has 0 aromatic carbocycles. The highest BCUT2D eigenvalue weighted by Crippen LogP contribution is 2.32. The molecule has 0 radical (unpaired) electrons. The van der Waals surface area contributed by atoms with Gasteiger partial charge in [-0.2, -0.15) is 0 Å². The van der Waals surface area contributed by atoms with Gasteiger partial charge in [-0.3, -0.25) is 0 Å². The summed E-state index contributed by atoms with van der Waals surface area (Å²) >= 11 is 0. The molecule has 0 unspecified atom stereocenters. The van der Waals surface area contributed by atoms with Crippen LogP contribution in [-0.4, -0.2) is 25.4 Å². The van der Waals surface area contributed by atoms with Gasteiger partial charge in [0, 0.05) is 12.5 Å². The molecule has 0 bridgehead atoms. The van der Waals surface area contributed by atoms with Crippen molar-refractivity contribution in [1.82, 2.24) is 0 Å². The summed E-state index contributed by atoms with van der Waals surface area (Å²) < 4.78 is 11.5. The molecule has 2 rings (SSSR count). The second-order valence-corrected chi connectivity index (χ2v) is 4.65. The molecule has 2 atom stereocenters. The molecule has 76 valence electrons. The van der Waals surface area contributed by atoms with Gasteiger partial charge in [0.2, 0.25) is 0 Å². The van der Waals surface area contributed by atoms with Crippen molar-refractivity contribution in [3.8, 4) is 0 Å². The molecule has 0 aromatic rings. The van der Waals surface area contributed by atoms with E-state index in [4.69, 9.17) is 9.47 Å². The van der Waals surface area contributed by atoms with Gasteiger partial charge >= 0.3 is 0 Å². The molecule has 1 saturated carbocycles. The zero-order valence-corrected chi connectivity index (χ0v) is 8.66. The maximum atomic E-state index is 6.00. The lowest BCUT2D eigenvalue weighted by molar-refractivity contribution is -0.0935. The van der Waals surface area contributed by atoms with Crippen molar-refractivity contribution in [2.45, 2.75) is 45.3 Å². The predicted molar refractivity (Wildman–Crippen MR) is 51.7 cm³/mol. The van der Waals surface area contributed by atoms with Crippen LogP contribution in [0.5, 0.6) is 0 Å². The van der Waals surface area contributed by atoms with Gasteiger partial charge in [0.05, 0.1) is 18.8 Å².